The molecule has 1 N–H and O–H groups in total. The third-order valence-electron chi connectivity index (χ3n) is 1.60. The van der Waals surface area contributed by atoms with Gasteiger partial charge < -0.3 is 9.84 Å². The first-order valence-corrected chi connectivity index (χ1v) is 5.29. The Labute approximate surface area is 88.5 Å². The molecule has 0 amide bonds. The van der Waals surface area contributed by atoms with Crippen molar-refractivity contribution in [2.75, 3.05) is 7.11 Å². The van der Waals surface area contributed by atoms with Crippen molar-refractivity contribution in [3.8, 4) is 0 Å². The second-order valence-electron chi connectivity index (χ2n) is 2.53. The molecule has 0 spiro atoms. The molecule has 0 saturated heterocycles. The maximum Gasteiger partial charge on any atom is 0.333 e. The van der Waals surface area contributed by atoms with Crippen molar-refractivity contribution in [2.24, 2.45) is 0 Å². The molecule has 0 saturated carbocycles. The highest BCUT2D eigenvalue weighted by molar-refractivity contribution is 9.11. The maximum absolute atomic E-state index is 10.6. The zero-order chi connectivity index (χ0) is 9.84. The number of methoxy groups -OCH3 is 1. The summed E-state index contributed by atoms with van der Waals surface area (Å²) in [6.07, 6.45) is -0.338. The summed E-state index contributed by atoms with van der Waals surface area (Å²) in [5.41, 5.74) is 0.978. The van der Waals surface area contributed by atoms with Crippen LogP contribution in [0.1, 0.15) is 5.56 Å². The summed E-state index contributed by atoms with van der Waals surface area (Å²) in [6.45, 7) is 0. The second kappa shape index (κ2) is 4.74. The van der Waals surface area contributed by atoms with Gasteiger partial charge in [-0.2, -0.15) is 0 Å². The molecule has 1 atom stereocenters. The quantitative estimate of drug-likeness (QED) is 0.907. The van der Waals surface area contributed by atoms with Gasteiger partial charge >= 0.3 is 5.97 Å². The third-order valence-corrected chi connectivity index (χ3v) is 3.16. The van der Waals surface area contributed by atoms with Gasteiger partial charge in [0.2, 0.25) is 0 Å². The summed E-state index contributed by atoms with van der Waals surface area (Å²) in [4.78, 5) is 10.6. The molecule has 0 radical (unpaired) electrons. The number of carboxylic acids is 1. The first-order chi connectivity index (χ1) is 6.13. The number of ether oxygens (including phenoxy) is 1. The summed E-state index contributed by atoms with van der Waals surface area (Å²) < 4.78 is 5.82. The van der Waals surface area contributed by atoms with Gasteiger partial charge in [-0.25, -0.2) is 4.79 Å². The highest BCUT2D eigenvalue weighted by atomic mass is 79.9. The molecule has 0 aliphatic heterocycles. The second-order valence-corrected chi connectivity index (χ2v) is 4.82. The molecule has 1 aromatic heterocycles. The molecule has 0 aliphatic carbocycles. The van der Waals surface area contributed by atoms with Gasteiger partial charge in [-0.15, -0.1) is 11.3 Å². The van der Waals surface area contributed by atoms with Crippen molar-refractivity contribution in [1.82, 2.24) is 0 Å². The van der Waals surface area contributed by atoms with Crippen LogP contribution in [-0.2, 0) is 16.0 Å². The summed E-state index contributed by atoms with van der Waals surface area (Å²) in [7, 11) is 1.40. The number of hydrogen-bond donors (Lipinski definition) is 1. The molecular formula is C8H9BrO3S. The van der Waals surface area contributed by atoms with Gasteiger partial charge in [0.05, 0.1) is 3.79 Å². The Bertz CT molecular complexity index is 297. The zero-order valence-electron chi connectivity index (χ0n) is 6.99. The lowest BCUT2D eigenvalue weighted by Gasteiger charge is -2.07. The number of hydrogen-bond acceptors (Lipinski definition) is 3. The Morgan fingerprint density at radius 3 is 2.92 bits per heavy atom. The van der Waals surface area contributed by atoms with Crippen LogP contribution in [0.4, 0.5) is 0 Å². The Hall–Kier alpha value is -0.390. The van der Waals surface area contributed by atoms with Crippen molar-refractivity contribution >= 4 is 33.2 Å². The van der Waals surface area contributed by atoms with Crippen molar-refractivity contribution in [1.29, 1.82) is 0 Å². The topological polar surface area (TPSA) is 46.5 Å². The molecule has 0 aliphatic rings. The van der Waals surface area contributed by atoms with Crippen LogP contribution < -0.4 is 0 Å². The van der Waals surface area contributed by atoms with Gasteiger partial charge in [-0.3, -0.25) is 0 Å². The van der Waals surface area contributed by atoms with Crippen molar-refractivity contribution in [2.45, 2.75) is 12.5 Å². The normalized spacial score (nSPS) is 12.8. The number of carbonyl (C=O) groups is 1. The van der Waals surface area contributed by atoms with Gasteiger partial charge in [-0.1, -0.05) is 0 Å². The van der Waals surface area contributed by atoms with Crippen LogP contribution >= 0.6 is 27.3 Å². The molecule has 13 heavy (non-hydrogen) atoms. The molecule has 1 aromatic rings. The van der Waals surface area contributed by atoms with Crippen LogP contribution in [0.3, 0.4) is 0 Å². The summed E-state index contributed by atoms with van der Waals surface area (Å²) in [5.74, 6) is -0.926. The fourth-order valence-corrected chi connectivity index (χ4v) is 2.16. The van der Waals surface area contributed by atoms with Crippen molar-refractivity contribution < 1.29 is 14.6 Å². The Balaban J connectivity index is 2.61. The standard InChI is InChI=1S/C8H9BrO3S/c1-12-6(8(10)11)2-5-3-7(9)13-4-5/h3-4,6H,2H2,1H3,(H,10,11). The van der Waals surface area contributed by atoms with E-state index in [0.29, 0.717) is 6.42 Å². The van der Waals surface area contributed by atoms with Gasteiger partial charge in [0, 0.05) is 13.5 Å². The largest absolute Gasteiger partial charge is 0.479 e. The first-order valence-electron chi connectivity index (χ1n) is 3.62. The lowest BCUT2D eigenvalue weighted by molar-refractivity contribution is -0.148. The maximum atomic E-state index is 10.6. The number of thiophene rings is 1. The van der Waals surface area contributed by atoms with Crippen LogP contribution in [0, 0.1) is 0 Å². The third kappa shape index (κ3) is 3.10. The molecule has 0 fully saturated rings. The molecule has 1 heterocycles. The van der Waals surface area contributed by atoms with E-state index in [4.69, 9.17) is 9.84 Å². The molecule has 72 valence electrons. The minimum Gasteiger partial charge on any atom is -0.479 e. The van der Waals surface area contributed by atoms with Crippen molar-refractivity contribution in [3.63, 3.8) is 0 Å². The fourth-order valence-electron chi connectivity index (χ4n) is 0.938. The van der Waals surface area contributed by atoms with Crippen LogP contribution in [0.25, 0.3) is 0 Å². The lowest BCUT2D eigenvalue weighted by Crippen LogP contribution is -2.24. The molecule has 0 bridgehead atoms. The predicted octanol–water partition coefficient (Wildman–Crippen LogP) is 2.15. The number of rotatable bonds is 4. The predicted molar refractivity (Wildman–Crippen MR) is 54.2 cm³/mol. The van der Waals surface area contributed by atoms with E-state index in [-0.39, 0.29) is 0 Å². The monoisotopic (exact) mass is 264 g/mol. The lowest BCUT2D eigenvalue weighted by atomic mass is 10.1. The van der Waals surface area contributed by atoms with Crippen LogP contribution in [0.5, 0.6) is 0 Å². The summed E-state index contributed by atoms with van der Waals surface area (Å²) in [5, 5.41) is 10.6. The van der Waals surface area contributed by atoms with E-state index < -0.39 is 12.1 Å². The van der Waals surface area contributed by atoms with E-state index >= 15 is 0 Å². The van der Waals surface area contributed by atoms with E-state index in [9.17, 15) is 4.79 Å². The van der Waals surface area contributed by atoms with E-state index in [1.165, 1.54) is 18.4 Å². The molecule has 1 unspecified atom stereocenters. The summed E-state index contributed by atoms with van der Waals surface area (Å²) in [6, 6.07) is 1.90. The number of aliphatic carboxylic acids is 1. The number of carboxylic acid groups (broad SMARTS) is 1. The average Bonchev–Trinajstić information content (AvgIpc) is 2.46. The number of halogens is 1. The minimum atomic E-state index is -0.926. The van der Waals surface area contributed by atoms with E-state index in [2.05, 4.69) is 15.9 Å². The van der Waals surface area contributed by atoms with Gasteiger partial charge in [0.25, 0.3) is 0 Å². The smallest absolute Gasteiger partial charge is 0.333 e. The molecular weight excluding hydrogens is 256 g/mol. The Kier molecular flexibility index (Phi) is 3.90. The molecule has 0 aromatic carbocycles. The van der Waals surface area contributed by atoms with E-state index in [1.807, 2.05) is 11.4 Å². The molecule has 1 rings (SSSR count). The van der Waals surface area contributed by atoms with Crippen LogP contribution in [0.2, 0.25) is 0 Å². The van der Waals surface area contributed by atoms with Gasteiger partial charge in [-0.05, 0) is 32.9 Å². The van der Waals surface area contributed by atoms with Crippen LogP contribution in [-0.4, -0.2) is 24.3 Å². The highest BCUT2D eigenvalue weighted by Gasteiger charge is 2.17. The Morgan fingerprint density at radius 1 is 1.85 bits per heavy atom. The molecule has 3 nitrogen and oxygen atoms in total. The molecule has 5 heteroatoms. The minimum absolute atomic E-state index is 0.411. The first kappa shape index (κ1) is 10.7. The van der Waals surface area contributed by atoms with Gasteiger partial charge in [0.1, 0.15) is 0 Å². The summed E-state index contributed by atoms with van der Waals surface area (Å²) >= 11 is 4.85. The van der Waals surface area contributed by atoms with E-state index in [0.717, 1.165) is 9.35 Å². The van der Waals surface area contributed by atoms with Crippen LogP contribution in [0.15, 0.2) is 15.2 Å². The fraction of sp³-hybridized carbons (Fsp3) is 0.375. The Morgan fingerprint density at radius 2 is 2.54 bits per heavy atom. The highest BCUT2D eigenvalue weighted by Crippen LogP contribution is 2.21. The van der Waals surface area contributed by atoms with Crippen molar-refractivity contribution in [3.05, 3.63) is 20.8 Å². The van der Waals surface area contributed by atoms with E-state index in [1.54, 1.807) is 0 Å². The zero-order valence-corrected chi connectivity index (χ0v) is 9.39. The SMILES string of the molecule is COC(Cc1csc(Br)c1)C(=O)O. The van der Waals surface area contributed by atoms with Gasteiger partial charge in [0.15, 0.2) is 6.10 Å². The average molecular weight is 265 g/mol.